The summed E-state index contributed by atoms with van der Waals surface area (Å²) in [5.41, 5.74) is 0.888. The van der Waals surface area contributed by atoms with Crippen LogP contribution in [-0.4, -0.2) is 50.9 Å². The van der Waals surface area contributed by atoms with Gasteiger partial charge < -0.3 is 10.2 Å². The van der Waals surface area contributed by atoms with Gasteiger partial charge in [-0.05, 0) is 37.3 Å². The van der Waals surface area contributed by atoms with Crippen LogP contribution in [0.1, 0.15) is 62.1 Å². The van der Waals surface area contributed by atoms with Gasteiger partial charge in [0.2, 0.25) is 0 Å². The summed E-state index contributed by atoms with van der Waals surface area (Å²) >= 11 is 0. The SMILES string of the molecule is CC(C)(C)c1cc2n(n1)[C@@H](C(F)(F)F)C[C@@H](C1CCN(C(=O)c3ccncc3)CC1)N2. The van der Waals surface area contributed by atoms with E-state index >= 15 is 0 Å². The number of alkyl halides is 3. The number of carbonyl (C=O) groups is 1. The van der Waals surface area contributed by atoms with Crippen molar-refractivity contribution in [2.75, 3.05) is 18.4 Å². The third-order valence-electron chi connectivity index (χ3n) is 6.31. The van der Waals surface area contributed by atoms with E-state index < -0.39 is 12.2 Å². The Kier molecular flexibility index (Phi) is 5.47. The molecule has 0 unspecified atom stereocenters. The molecule has 168 valence electrons. The molecule has 4 rings (SSSR count). The number of pyridine rings is 1. The van der Waals surface area contributed by atoms with Gasteiger partial charge in [0.05, 0.1) is 5.69 Å². The van der Waals surface area contributed by atoms with E-state index in [9.17, 15) is 18.0 Å². The number of anilines is 1. The summed E-state index contributed by atoms with van der Waals surface area (Å²) in [5.74, 6) is 0.436. The molecule has 31 heavy (non-hydrogen) atoms. The van der Waals surface area contributed by atoms with Gasteiger partial charge in [-0.2, -0.15) is 18.3 Å². The molecule has 1 fully saturated rings. The number of carbonyl (C=O) groups excluding carboxylic acids is 1. The lowest BCUT2D eigenvalue weighted by Crippen LogP contribution is -2.47. The number of piperidine rings is 1. The molecule has 4 heterocycles. The first-order chi connectivity index (χ1) is 14.5. The van der Waals surface area contributed by atoms with Crippen LogP contribution in [0.15, 0.2) is 30.6 Å². The molecule has 0 spiro atoms. The van der Waals surface area contributed by atoms with E-state index in [0.29, 0.717) is 43.0 Å². The standard InChI is InChI=1S/C22H28F3N5O/c1-21(2,3)17-13-19-27-16(12-18(22(23,24)25)30(19)28-17)14-6-10-29(11-7-14)20(31)15-4-8-26-9-5-15/h4-5,8-9,13-14,16,18,27H,6-7,10-12H2,1-3H3/t16-,18+/m0/s1. The van der Waals surface area contributed by atoms with E-state index in [1.165, 1.54) is 0 Å². The number of amides is 1. The average Bonchev–Trinajstić information content (AvgIpc) is 3.17. The third kappa shape index (κ3) is 4.41. The van der Waals surface area contributed by atoms with Crippen LogP contribution in [-0.2, 0) is 5.41 Å². The lowest BCUT2D eigenvalue weighted by molar-refractivity contribution is -0.174. The minimum Gasteiger partial charge on any atom is -0.367 e. The third-order valence-corrected chi connectivity index (χ3v) is 6.31. The largest absolute Gasteiger partial charge is 0.410 e. The predicted molar refractivity (Wildman–Crippen MR) is 111 cm³/mol. The van der Waals surface area contributed by atoms with Gasteiger partial charge in [-0.3, -0.25) is 9.78 Å². The summed E-state index contributed by atoms with van der Waals surface area (Å²) in [6.07, 6.45) is 0.0775. The van der Waals surface area contributed by atoms with Crippen LogP contribution in [0, 0.1) is 5.92 Å². The Labute approximate surface area is 179 Å². The highest BCUT2D eigenvalue weighted by Gasteiger charge is 2.48. The van der Waals surface area contributed by atoms with Crippen LogP contribution in [0.2, 0.25) is 0 Å². The summed E-state index contributed by atoms with van der Waals surface area (Å²) < 4.78 is 42.7. The highest BCUT2D eigenvalue weighted by molar-refractivity contribution is 5.94. The van der Waals surface area contributed by atoms with Crippen LogP contribution < -0.4 is 5.32 Å². The second kappa shape index (κ2) is 7.84. The van der Waals surface area contributed by atoms with Gasteiger partial charge in [0, 0.05) is 48.6 Å². The molecule has 2 aliphatic rings. The minimum atomic E-state index is -4.37. The van der Waals surface area contributed by atoms with Gasteiger partial charge in [-0.25, -0.2) is 4.68 Å². The first kappa shape index (κ1) is 21.6. The van der Waals surface area contributed by atoms with E-state index in [-0.39, 0.29) is 29.7 Å². The molecule has 0 aromatic carbocycles. The van der Waals surface area contributed by atoms with Crippen LogP contribution in [0.4, 0.5) is 19.0 Å². The second-order valence-corrected chi connectivity index (χ2v) is 9.52. The van der Waals surface area contributed by atoms with E-state index in [0.717, 1.165) is 4.68 Å². The molecule has 0 saturated carbocycles. The maximum atomic E-state index is 13.9. The van der Waals surface area contributed by atoms with Crippen molar-refractivity contribution in [3.8, 4) is 0 Å². The van der Waals surface area contributed by atoms with Crippen LogP contribution in [0.5, 0.6) is 0 Å². The van der Waals surface area contributed by atoms with E-state index in [4.69, 9.17) is 0 Å². The van der Waals surface area contributed by atoms with Crippen molar-refractivity contribution in [3.63, 3.8) is 0 Å². The highest BCUT2D eigenvalue weighted by Crippen LogP contribution is 2.43. The number of aromatic nitrogens is 3. The Bertz CT molecular complexity index is 927. The molecule has 0 radical (unpaired) electrons. The van der Waals surface area contributed by atoms with Gasteiger partial charge in [0.25, 0.3) is 5.91 Å². The molecule has 2 aliphatic heterocycles. The Morgan fingerprint density at radius 2 is 1.77 bits per heavy atom. The highest BCUT2D eigenvalue weighted by atomic mass is 19.4. The fourth-order valence-electron chi connectivity index (χ4n) is 4.46. The molecule has 1 N–H and O–H groups in total. The summed E-state index contributed by atoms with van der Waals surface area (Å²) in [4.78, 5) is 18.4. The molecular weight excluding hydrogens is 407 g/mol. The molecule has 6 nitrogen and oxygen atoms in total. The number of nitrogens with one attached hydrogen (secondary N) is 1. The van der Waals surface area contributed by atoms with Crippen LogP contribution >= 0.6 is 0 Å². The quantitative estimate of drug-likeness (QED) is 0.759. The van der Waals surface area contributed by atoms with Crippen molar-refractivity contribution in [3.05, 3.63) is 41.9 Å². The number of hydrogen-bond donors (Lipinski definition) is 1. The number of halogens is 3. The first-order valence-corrected chi connectivity index (χ1v) is 10.7. The van der Waals surface area contributed by atoms with Gasteiger partial charge in [-0.15, -0.1) is 0 Å². The molecule has 9 heteroatoms. The number of fused-ring (bicyclic) bond motifs is 1. The molecule has 0 aliphatic carbocycles. The van der Waals surface area contributed by atoms with Crippen LogP contribution in [0.3, 0.4) is 0 Å². The van der Waals surface area contributed by atoms with E-state index in [2.05, 4.69) is 15.4 Å². The Morgan fingerprint density at radius 3 is 2.35 bits per heavy atom. The zero-order valence-electron chi connectivity index (χ0n) is 18.0. The maximum absolute atomic E-state index is 13.9. The van der Waals surface area contributed by atoms with E-state index in [1.807, 2.05) is 20.8 Å². The Hall–Kier alpha value is -2.58. The zero-order valence-corrected chi connectivity index (χ0v) is 18.0. The van der Waals surface area contributed by atoms with Gasteiger partial charge in [-0.1, -0.05) is 20.8 Å². The summed E-state index contributed by atoms with van der Waals surface area (Å²) in [6.45, 7) is 6.89. The normalized spacial score (nSPS) is 22.7. The van der Waals surface area contributed by atoms with Gasteiger partial charge >= 0.3 is 6.18 Å². The molecular formula is C22H28F3N5O. The number of likely N-dealkylation sites (tertiary alicyclic amines) is 1. The van der Waals surface area contributed by atoms with E-state index in [1.54, 1.807) is 35.5 Å². The second-order valence-electron chi connectivity index (χ2n) is 9.52. The topological polar surface area (TPSA) is 63.1 Å². The minimum absolute atomic E-state index is 0.0509. The van der Waals surface area contributed by atoms with Crippen molar-refractivity contribution in [2.24, 2.45) is 5.92 Å². The number of rotatable bonds is 2. The molecule has 2 atom stereocenters. The Balaban J connectivity index is 1.48. The Morgan fingerprint density at radius 1 is 1.13 bits per heavy atom. The fourth-order valence-corrected chi connectivity index (χ4v) is 4.46. The van der Waals surface area contributed by atoms with Gasteiger partial charge in [0.15, 0.2) is 6.04 Å². The molecule has 0 bridgehead atoms. The predicted octanol–water partition coefficient (Wildman–Crippen LogP) is 4.42. The summed E-state index contributed by atoms with van der Waals surface area (Å²) in [7, 11) is 0. The summed E-state index contributed by atoms with van der Waals surface area (Å²) in [5, 5.41) is 7.62. The smallest absolute Gasteiger partial charge is 0.367 e. The van der Waals surface area contributed by atoms with Crippen molar-refractivity contribution >= 4 is 11.7 Å². The zero-order chi connectivity index (χ0) is 22.4. The molecule has 1 amide bonds. The average molecular weight is 435 g/mol. The van der Waals surface area contributed by atoms with Crippen molar-refractivity contribution in [1.82, 2.24) is 19.7 Å². The van der Waals surface area contributed by atoms with Crippen LogP contribution in [0.25, 0.3) is 0 Å². The number of hydrogen-bond acceptors (Lipinski definition) is 4. The lowest BCUT2D eigenvalue weighted by Gasteiger charge is -2.41. The lowest BCUT2D eigenvalue weighted by atomic mass is 9.84. The fraction of sp³-hybridized carbons (Fsp3) is 0.591. The van der Waals surface area contributed by atoms with Crippen molar-refractivity contribution in [1.29, 1.82) is 0 Å². The monoisotopic (exact) mass is 435 g/mol. The molecule has 2 aromatic heterocycles. The molecule has 1 saturated heterocycles. The number of nitrogens with zero attached hydrogens (tertiary/aromatic N) is 4. The first-order valence-electron chi connectivity index (χ1n) is 10.7. The van der Waals surface area contributed by atoms with Gasteiger partial charge in [0.1, 0.15) is 5.82 Å². The van der Waals surface area contributed by atoms with Crippen molar-refractivity contribution < 1.29 is 18.0 Å². The summed E-state index contributed by atoms with van der Waals surface area (Å²) in [6, 6.07) is 3.16. The van der Waals surface area contributed by atoms with Crippen molar-refractivity contribution in [2.45, 2.75) is 63.7 Å². The maximum Gasteiger partial charge on any atom is 0.410 e. The molecule has 2 aromatic rings.